The summed E-state index contributed by atoms with van der Waals surface area (Å²) in [6, 6.07) is 15.8. The standard InChI is InChI=1S/C21H14Cl2N2O2S/c1-12-11-13(22)8-9-15(12)24-19-18(17-7-4-10-28-17)20(26)25(21(19)27)16-6-3-2-5-14(16)23/h2-11,24H,1H3. The number of rotatable bonds is 4. The van der Waals surface area contributed by atoms with E-state index in [0.29, 0.717) is 31.9 Å². The Morgan fingerprint density at radius 1 is 0.964 bits per heavy atom. The molecule has 2 heterocycles. The number of hydrogen-bond acceptors (Lipinski definition) is 4. The van der Waals surface area contributed by atoms with Crippen LogP contribution in [0.25, 0.3) is 5.57 Å². The average molecular weight is 429 g/mol. The van der Waals surface area contributed by atoms with Gasteiger partial charge in [-0.3, -0.25) is 9.59 Å². The highest BCUT2D eigenvalue weighted by molar-refractivity contribution is 7.11. The van der Waals surface area contributed by atoms with Crippen LogP contribution in [0, 0.1) is 6.92 Å². The summed E-state index contributed by atoms with van der Waals surface area (Å²) in [7, 11) is 0. The van der Waals surface area contributed by atoms with Crippen LogP contribution < -0.4 is 10.2 Å². The number of hydrogen-bond donors (Lipinski definition) is 1. The molecule has 4 rings (SSSR count). The van der Waals surface area contributed by atoms with E-state index in [0.717, 1.165) is 10.5 Å². The molecule has 0 aliphatic carbocycles. The molecule has 1 N–H and O–H groups in total. The maximum Gasteiger partial charge on any atom is 0.282 e. The van der Waals surface area contributed by atoms with Crippen molar-refractivity contribution < 1.29 is 9.59 Å². The van der Waals surface area contributed by atoms with Crippen molar-refractivity contribution in [1.82, 2.24) is 0 Å². The van der Waals surface area contributed by atoms with Gasteiger partial charge in [-0.1, -0.05) is 41.4 Å². The summed E-state index contributed by atoms with van der Waals surface area (Å²) in [6.45, 7) is 1.88. The van der Waals surface area contributed by atoms with E-state index in [4.69, 9.17) is 23.2 Å². The van der Waals surface area contributed by atoms with Gasteiger partial charge in [-0.25, -0.2) is 4.90 Å². The lowest BCUT2D eigenvalue weighted by Crippen LogP contribution is -2.32. The Bertz CT molecular complexity index is 1120. The minimum absolute atomic E-state index is 0.220. The molecule has 1 aliphatic rings. The third-order valence-corrected chi connectivity index (χ3v) is 5.84. The lowest BCUT2D eigenvalue weighted by atomic mass is 10.1. The minimum Gasteiger partial charge on any atom is -0.350 e. The first-order valence-electron chi connectivity index (χ1n) is 8.42. The van der Waals surface area contributed by atoms with Crippen molar-refractivity contribution in [1.29, 1.82) is 0 Å². The number of aryl methyl sites for hydroxylation is 1. The number of para-hydroxylation sites is 1. The third-order valence-electron chi connectivity index (χ3n) is 4.39. The number of carbonyl (C=O) groups is 2. The first-order chi connectivity index (χ1) is 13.5. The molecule has 0 atom stereocenters. The SMILES string of the molecule is Cc1cc(Cl)ccc1NC1=C(c2cccs2)C(=O)N(c2ccccc2Cl)C1=O. The molecule has 28 heavy (non-hydrogen) atoms. The van der Waals surface area contributed by atoms with Gasteiger partial charge in [0.25, 0.3) is 11.8 Å². The molecule has 0 radical (unpaired) electrons. The lowest BCUT2D eigenvalue weighted by molar-refractivity contribution is -0.120. The molecule has 2 amide bonds. The van der Waals surface area contributed by atoms with Crippen molar-refractivity contribution in [3.8, 4) is 0 Å². The molecule has 0 saturated carbocycles. The molecule has 4 nitrogen and oxygen atoms in total. The molecular formula is C21H14Cl2N2O2S. The molecule has 1 aliphatic heterocycles. The molecule has 1 aromatic heterocycles. The van der Waals surface area contributed by atoms with Gasteiger partial charge < -0.3 is 5.32 Å². The van der Waals surface area contributed by atoms with Crippen LogP contribution in [0.3, 0.4) is 0 Å². The zero-order valence-electron chi connectivity index (χ0n) is 14.7. The zero-order chi connectivity index (χ0) is 19.8. The van der Waals surface area contributed by atoms with Crippen LogP contribution in [0.5, 0.6) is 0 Å². The number of nitrogens with zero attached hydrogens (tertiary/aromatic N) is 1. The van der Waals surface area contributed by atoms with E-state index in [9.17, 15) is 9.59 Å². The minimum atomic E-state index is -0.448. The van der Waals surface area contributed by atoms with Crippen molar-refractivity contribution in [3.63, 3.8) is 0 Å². The molecular weight excluding hydrogens is 415 g/mol. The van der Waals surface area contributed by atoms with E-state index in [1.54, 1.807) is 42.5 Å². The summed E-state index contributed by atoms with van der Waals surface area (Å²) in [4.78, 5) is 28.3. The fraction of sp³-hybridized carbons (Fsp3) is 0.0476. The van der Waals surface area contributed by atoms with Crippen LogP contribution >= 0.6 is 34.5 Å². The van der Waals surface area contributed by atoms with Gasteiger partial charge in [0.1, 0.15) is 5.70 Å². The summed E-state index contributed by atoms with van der Waals surface area (Å²) >= 11 is 13.7. The average Bonchev–Trinajstić information content (AvgIpc) is 3.26. The normalized spacial score (nSPS) is 14.2. The highest BCUT2D eigenvalue weighted by Gasteiger charge is 2.41. The predicted molar refractivity (Wildman–Crippen MR) is 115 cm³/mol. The van der Waals surface area contributed by atoms with Gasteiger partial charge in [-0.2, -0.15) is 0 Å². The van der Waals surface area contributed by atoms with Gasteiger partial charge >= 0.3 is 0 Å². The van der Waals surface area contributed by atoms with E-state index in [1.165, 1.54) is 11.3 Å². The van der Waals surface area contributed by atoms with E-state index in [1.807, 2.05) is 24.4 Å². The maximum absolute atomic E-state index is 13.3. The van der Waals surface area contributed by atoms with Gasteiger partial charge in [-0.15, -0.1) is 11.3 Å². The smallest absolute Gasteiger partial charge is 0.282 e. The number of carbonyl (C=O) groups excluding carboxylic acids is 2. The maximum atomic E-state index is 13.3. The number of nitrogens with one attached hydrogen (secondary N) is 1. The van der Waals surface area contributed by atoms with Crippen LogP contribution in [0.1, 0.15) is 10.4 Å². The van der Waals surface area contributed by atoms with Gasteiger partial charge in [0.05, 0.1) is 16.3 Å². The van der Waals surface area contributed by atoms with Gasteiger partial charge in [0, 0.05) is 15.6 Å². The van der Waals surface area contributed by atoms with Crippen LogP contribution in [0.4, 0.5) is 11.4 Å². The Labute approximate surface area is 176 Å². The van der Waals surface area contributed by atoms with E-state index in [2.05, 4.69) is 5.32 Å². The summed E-state index contributed by atoms with van der Waals surface area (Å²) in [5.41, 5.74) is 2.47. The van der Waals surface area contributed by atoms with Crippen molar-refractivity contribution in [3.05, 3.63) is 86.2 Å². The number of imide groups is 1. The van der Waals surface area contributed by atoms with Crippen molar-refractivity contribution in [2.24, 2.45) is 0 Å². The Kier molecular flexibility index (Phi) is 4.98. The highest BCUT2D eigenvalue weighted by Crippen LogP contribution is 2.38. The van der Waals surface area contributed by atoms with E-state index < -0.39 is 11.8 Å². The number of thiophene rings is 1. The molecule has 0 bridgehead atoms. The van der Waals surface area contributed by atoms with Gasteiger partial charge in [0.15, 0.2) is 0 Å². The lowest BCUT2D eigenvalue weighted by Gasteiger charge is -2.17. The Balaban J connectivity index is 1.83. The summed E-state index contributed by atoms with van der Waals surface area (Å²) < 4.78 is 0. The van der Waals surface area contributed by atoms with Gasteiger partial charge in [-0.05, 0) is 54.3 Å². The second kappa shape index (κ2) is 7.43. The van der Waals surface area contributed by atoms with Crippen LogP contribution in [-0.4, -0.2) is 11.8 Å². The van der Waals surface area contributed by atoms with Gasteiger partial charge in [0.2, 0.25) is 0 Å². The third kappa shape index (κ3) is 3.22. The molecule has 3 aromatic rings. The highest BCUT2D eigenvalue weighted by atomic mass is 35.5. The molecule has 0 unspecified atom stereocenters. The van der Waals surface area contributed by atoms with Crippen molar-refractivity contribution >= 4 is 63.3 Å². The molecule has 0 spiro atoms. The first kappa shape index (κ1) is 18.7. The number of halogens is 2. The quantitative estimate of drug-likeness (QED) is 0.537. The summed E-state index contributed by atoms with van der Waals surface area (Å²) in [5.74, 6) is -0.856. The summed E-state index contributed by atoms with van der Waals surface area (Å²) in [6.07, 6.45) is 0. The predicted octanol–water partition coefficient (Wildman–Crippen LogP) is 5.76. The number of benzene rings is 2. The fourth-order valence-corrected chi connectivity index (χ4v) is 4.26. The first-order valence-corrected chi connectivity index (χ1v) is 10.1. The number of amides is 2. The summed E-state index contributed by atoms with van der Waals surface area (Å²) in [5, 5.41) is 5.94. The molecule has 2 aromatic carbocycles. The van der Waals surface area contributed by atoms with Crippen LogP contribution in [0.2, 0.25) is 10.0 Å². The van der Waals surface area contributed by atoms with E-state index in [-0.39, 0.29) is 5.70 Å². The second-order valence-electron chi connectivity index (χ2n) is 6.21. The van der Waals surface area contributed by atoms with Crippen molar-refractivity contribution in [2.75, 3.05) is 10.2 Å². The van der Waals surface area contributed by atoms with Crippen LogP contribution in [-0.2, 0) is 9.59 Å². The number of anilines is 2. The topological polar surface area (TPSA) is 49.4 Å². The molecule has 140 valence electrons. The van der Waals surface area contributed by atoms with Crippen molar-refractivity contribution in [2.45, 2.75) is 6.92 Å². The largest absolute Gasteiger partial charge is 0.350 e. The Morgan fingerprint density at radius 3 is 2.43 bits per heavy atom. The van der Waals surface area contributed by atoms with Crippen LogP contribution in [0.15, 0.2) is 65.7 Å². The second-order valence-corrected chi connectivity index (χ2v) is 8.00. The Morgan fingerprint density at radius 2 is 1.75 bits per heavy atom. The molecule has 0 fully saturated rings. The monoisotopic (exact) mass is 428 g/mol. The fourth-order valence-electron chi connectivity index (χ4n) is 3.05. The molecule has 7 heteroatoms. The zero-order valence-corrected chi connectivity index (χ0v) is 17.0. The van der Waals surface area contributed by atoms with E-state index >= 15 is 0 Å². The molecule has 0 saturated heterocycles. The Hall–Kier alpha value is -2.60.